The number of ether oxygens (including phenoxy) is 2. The minimum absolute atomic E-state index is 0.331. The Morgan fingerprint density at radius 2 is 1.90 bits per heavy atom. The van der Waals surface area contributed by atoms with Gasteiger partial charge in [0.25, 0.3) is 0 Å². The zero-order valence-electron chi connectivity index (χ0n) is 12.1. The average Bonchev–Trinajstić information content (AvgIpc) is 2.50. The number of rotatable bonds is 4. The molecular weight excluding hydrogens is 250 g/mol. The molecule has 0 atom stereocenters. The molecule has 3 rings (SSSR count). The molecule has 0 amide bonds. The van der Waals surface area contributed by atoms with Crippen LogP contribution in [0.5, 0.6) is 5.75 Å². The molecule has 2 heterocycles. The van der Waals surface area contributed by atoms with Crippen molar-refractivity contribution >= 4 is 0 Å². The van der Waals surface area contributed by atoms with Crippen molar-refractivity contribution < 1.29 is 9.47 Å². The molecule has 1 aromatic rings. The summed E-state index contributed by atoms with van der Waals surface area (Å²) < 4.78 is 11.5. The van der Waals surface area contributed by atoms with Crippen LogP contribution in [0, 0.1) is 5.92 Å². The van der Waals surface area contributed by atoms with E-state index in [-0.39, 0.29) is 0 Å². The van der Waals surface area contributed by atoms with E-state index in [2.05, 4.69) is 29.6 Å². The van der Waals surface area contributed by atoms with Gasteiger partial charge >= 0.3 is 0 Å². The highest BCUT2D eigenvalue weighted by atomic mass is 16.5. The van der Waals surface area contributed by atoms with Gasteiger partial charge in [0.1, 0.15) is 11.9 Å². The Kier molecular flexibility index (Phi) is 4.93. The van der Waals surface area contributed by atoms with Crippen molar-refractivity contribution in [1.82, 2.24) is 5.32 Å². The summed E-state index contributed by atoms with van der Waals surface area (Å²) in [6.07, 6.45) is 6.14. The third-order valence-corrected chi connectivity index (χ3v) is 4.35. The van der Waals surface area contributed by atoms with Gasteiger partial charge in [-0.1, -0.05) is 12.1 Å². The van der Waals surface area contributed by atoms with Crippen LogP contribution in [0.4, 0.5) is 0 Å². The third-order valence-electron chi connectivity index (χ3n) is 4.35. The van der Waals surface area contributed by atoms with Gasteiger partial charge in [-0.25, -0.2) is 0 Å². The van der Waals surface area contributed by atoms with E-state index in [1.165, 1.54) is 37.9 Å². The first-order chi connectivity index (χ1) is 9.90. The molecule has 2 aliphatic rings. The van der Waals surface area contributed by atoms with Crippen molar-refractivity contribution in [2.75, 3.05) is 26.3 Å². The zero-order chi connectivity index (χ0) is 13.6. The highest BCUT2D eigenvalue weighted by Gasteiger charge is 2.16. The van der Waals surface area contributed by atoms with Gasteiger partial charge in [0, 0.05) is 12.8 Å². The summed E-state index contributed by atoms with van der Waals surface area (Å²) in [6, 6.07) is 8.68. The van der Waals surface area contributed by atoms with E-state index in [1.54, 1.807) is 0 Å². The predicted octanol–water partition coefficient (Wildman–Crippen LogP) is 2.79. The topological polar surface area (TPSA) is 30.5 Å². The smallest absolute Gasteiger partial charge is 0.119 e. The van der Waals surface area contributed by atoms with Crippen LogP contribution < -0.4 is 10.1 Å². The van der Waals surface area contributed by atoms with Gasteiger partial charge in [0.05, 0.1) is 13.2 Å². The van der Waals surface area contributed by atoms with E-state index in [0.717, 1.165) is 37.7 Å². The highest BCUT2D eigenvalue weighted by molar-refractivity contribution is 5.29. The van der Waals surface area contributed by atoms with Gasteiger partial charge in [0.2, 0.25) is 0 Å². The molecule has 1 aromatic carbocycles. The summed E-state index contributed by atoms with van der Waals surface area (Å²) in [5.41, 5.74) is 1.42. The molecule has 2 saturated heterocycles. The fraction of sp³-hybridized carbons (Fsp3) is 0.647. The van der Waals surface area contributed by atoms with Crippen molar-refractivity contribution in [3.8, 4) is 5.75 Å². The average molecular weight is 275 g/mol. The van der Waals surface area contributed by atoms with Crippen molar-refractivity contribution in [3.63, 3.8) is 0 Å². The lowest BCUT2D eigenvalue weighted by atomic mass is 9.91. The third kappa shape index (κ3) is 3.97. The first-order valence-corrected chi connectivity index (χ1v) is 7.94. The minimum Gasteiger partial charge on any atom is -0.490 e. The van der Waals surface area contributed by atoms with E-state index >= 15 is 0 Å². The van der Waals surface area contributed by atoms with E-state index in [9.17, 15) is 0 Å². The molecule has 0 unspecified atom stereocenters. The standard InChI is InChI=1S/C17H25NO2/c1-2-15(12-14-4-8-18-9-5-14)13-17(3-1)20-16-6-10-19-11-7-16/h1-3,13-14,16,18H,4-12H2. The fourth-order valence-corrected chi connectivity index (χ4v) is 3.15. The summed E-state index contributed by atoms with van der Waals surface area (Å²) in [4.78, 5) is 0. The Morgan fingerprint density at radius 3 is 2.70 bits per heavy atom. The number of nitrogens with one attached hydrogen (secondary N) is 1. The molecule has 0 radical (unpaired) electrons. The van der Waals surface area contributed by atoms with Gasteiger partial charge in [-0.2, -0.15) is 0 Å². The minimum atomic E-state index is 0.331. The Balaban J connectivity index is 1.57. The Hall–Kier alpha value is -1.06. The zero-order valence-corrected chi connectivity index (χ0v) is 12.1. The molecule has 1 N–H and O–H groups in total. The maximum absolute atomic E-state index is 6.09. The number of benzene rings is 1. The first-order valence-electron chi connectivity index (χ1n) is 7.94. The lowest BCUT2D eigenvalue weighted by molar-refractivity contribution is 0.0255. The van der Waals surface area contributed by atoms with Crippen molar-refractivity contribution in [3.05, 3.63) is 29.8 Å². The SMILES string of the molecule is c1cc(CC2CCNCC2)cc(OC2CCOCC2)c1. The van der Waals surface area contributed by atoms with E-state index < -0.39 is 0 Å². The molecule has 0 spiro atoms. The molecule has 0 saturated carbocycles. The summed E-state index contributed by atoms with van der Waals surface area (Å²) in [5.74, 6) is 1.86. The fourth-order valence-electron chi connectivity index (χ4n) is 3.15. The van der Waals surface area contributed by atoms with Crippen LogP contribution in [0.3, 0.4) is 0 Å². The quantitative estimate of drug-likeness (QED) is 0.916. The Labute approximate surface area is 121 Å². The summed E-state index contributed by atoms with van der Waals surface area (Å²) in [6.45, 7) is 4.00. The van der Waals surface area contributed by atoms with E-state index in [0.29, 0.717) is 6.10 Å². The van der Waals surface area contributed by atoms with Gasteiger partial charge in [-0.05, 0) is 56.0 Å². The first kappa shape index (κ1) is 13.9. The molecular formula is C17H25NO2. The largest absolute Gasteiger partial charge is 0.490 e. The van der Waals surface area contributed by atoms with Crippen molar-refractivity contribution in [2.24, 2.45) is 5.92 Å². The van der Waals surface area contributed by atoms with Crippen molar-refractivity contribution in [1.29, 1.82) is 0 Å². The monoisotopic (exact) mass is 275 g/mol. The van der Waals surface area contributed by atoms with Crippen molar-refractivity contribution in [2.45, 2.75) is 38.2 Å². The lowest BCUT2D eigenvalue weighted by Gasteiger charge is -2.24. The number of piperidine rings is 1. The molecule has 3 heteroatoms. The molecule has 0 aromatic heterocycles. The molecule has 20 heavy (non-hydrogen) atoms. The van der Waals surface area contributed by atoms with Gasteiger partial charge < -0.3 is 14.8 Å². The highest BCUT2D eigenvalue weighted by Crippen LogP contribution is 2.23. The number of hydrogen-bond donors (Lipinski definition) is 1. The van der Waals surface area contributed by atoms with E-state index in [1.807, 2.05) is 0 Å². The van der Waals surface area contributed by atoms with Crippen LogP contribution in [0.2, 0.25) is 0 Å². The second kappa shape index (κ2) is 7.09. The van der Waals surface area contributed by atoms with Crippen LogP contribution >= 0.6 is 0 Å². The van der Waals surface area contributed by atoms with Crippen LogP contribution in [-0.2, 0) is 11.2 Å². The van der Waals surface area contributed by atoms with Gasteiger partial charge in [-0.15, -0.1) is 0 Å². The van der Waals surface area contributed by atoms with E-state index in [4.69, 9.17) is 9.47 Å². The molecule has 2 fully saturated rings. The second-order valence-corrected chi connectivity index (χ2v) is 5.97. The molecule has 2 aliphatic heterocycles. The maximum Gasteiger partial charge on any atom is 0.119 e. The number of hydrogen-bond acceptors (Lipinski definition) is 3. The lowest BCUT2D eigenvalue weighted by Crippen LogP contribution is -2.28. The summed E-state index contributed by atoms with van der Waals surface area (Å²) >= 11 is 0. The Morgan fingerprint density at radius 1 is 1.10 bits per heavy atom. The summed E-state index contributed by atoms with van der Waals surface area (Å²) in [7, 11) is 0. The maximum atomic E-state index is 6.09. The molecule has 3 nitrogen and oxygen atoms in total. The molecule has 110 valence electrons. The summed E-state index contributed by atoms with van der Waals surface area (Å²) in [5, 5.41) is 3.43. The molecule has 0 bridgehead atoms. The van der Waals surface area contributed by atoms with Crippen LogP contribution in [0.1, 0.15) is 31.2 Å². The van der Waals surface area contributed by atoms with Gasteiger partial charge in [0.15, 0.2) is 0 Å². The predicted molar refractivity (Wildman–Crippen MR) is 80.2 cm³/mol. The van der Waals surface area contributed by atoms with Crippen LogP contribution in [0.25, 0.3) is 0 Å². The van der Waals surface area contributed by atoms with Crippen LogP contribution in [0.15, 0.2) is 24.3 Å². The second-order valence-electron chi connectivity index (χ2n) is 5.97. The normalized spacial score (nSPS) is 21.8. The van der Waals surface area contributed by atoms with Crippen LogP contribution in [-0.4, -0.2) is 32.4 Å². The van der Waals surface area contributed by atoms with Gasteiger partial charge in [-0.3, -0.25) is 0 Å². The molecule has 0 aliphatic carbocycles. The Bertz CT molecular complexity index is 374.